The molecular weight excluding hydrogens is 138 g/mol. The fourth-order valence-corrected chi connectivity index (χ4v) is 2.15. The Kier molecular flexibility index (Phi) is 2.44. The summed E-state index contributed by atoms with van der Waals surface area (Å²) in [7, 11) is 0. The summed E-state index contributed by atoms with van der Waals surface area (Å²) in [5.41, 5.74) is 0. The highest BCUT2D eigenvalue weighted by Gasteiger charge is 2.26. The van der Waals surface area contributed by atoms with E-state index in [1.165, 1.54) is 32.1 Å². The Bertz CT molecular complexity index is 115. The van der Waals surface area contributed by atoms with Crippen LogP contribution >= 0.6 is 0 Å². The lowest BCUT2D eigenvalue weighted by Gasteiger charge is -2.28. The zero-order valence-corrected chi connectivity index (χ0v) is 7.01. The predicted octanol–water partition coefficient (Wildman–Crippen LogP) is 1.51. The van der Waals surface area contributed by atoms with E-state index in [0.717, 1.165) is 19.1 Å². The SMILES string of the molecule is C1CNC(C2CCCC2)OC1. The lowest BCUT2D eigenvalue weighted by atomic mass is 10.1. The first-order valence-corrected chi connectivity index (χ1v) is 4.82. The molecule has 11 heavy (non-hydrogen) atoms. The lowest BCUT2D eigenvalue weighted by Crippen LogP contribution is -2.42. The van der Waals surface area contributed by atoms with Crippen molar-refractivity contribution in [1.82, 2.24) is 5.32 Å². The summed E-state index contributed by atoms with van der Waals surface area (Å²) in [6.45, 7) is 2.12. The molecule has 1 unspecified atom stereocenters. The highest BCUT2D eigenvalue weighted by molar-refractivity contribution is 4.76. The molecule has 0 aromatic heterocycles. The predicted molar refractivity (Wildman–Crippen MR) is 44.3 cm³/mol. The van der Waals surface area contributed by atoms with Gasteiger partial charge in [-0.1, -0.05) is 12.8 Å². The van der Waals surface area contributed by atoms with Gasteiger partial charge in [-0.05, 0) is 31.7 Å². The van der Waals surface area contributed by atoms with Gasteiger partial charge in [0, 0.05) is 6.61 Å². The number of ether oxygens (including phenoxy) is 1. The van der Waals surface area contributed by atoms with Crippen LogP contribution in [0.2, 0.25) is 0 Å². The highest BCUT2D eigenvalue weighted by atomic mass is 16.5. The maximum absolute atomic E-state index is 5.65. The van der Waals surface area contributed by atoms with E-state index in [2.05, 4.69) is 5.32 Å². The van der Waals surface area contributed by atoms with Gasteiger partial charge in [-0.3, -0.25) is 5.32 Å². The molecule has 2 heteroatoms. The van der Waals surface area contributed by atoms with Crippen LogP contribution in [-0.4, -0.2) is 19.4 Å². The van der Waals surface area contributed by atoms with Crippen molar-refractivity contribution < 1.29 is 4.74 Å². The molecule has 1 heterocycles. The van der Waals surface area contributed by atoms with Crippen LogP contribution in [0.15, 0.2) is 0 Å². The van der Waals surface area contributed by atoms with Gasteiger partial charge in [0.25, 0.3) is 0 Å². The van der Waals surface area contributed by atoms with Gasteiger partial charge in [-0.15, -0.1) is 0 Å². The number of rotatable bonds is 1. The van der Waals surface area contributed by atoms with Crippen LogP contribution in [0, 0.1) is 5.92 Å². The van der Waals surface area contributed by atoms with Crippen molar-refractivity contribution in [2.75, 3.05) is 13.2 Å². The normalized spacial score (nSPS) is 34.4. The van der Waals surface area contributed by atoms with Crippen molar-refractivity contribution in [2.24, 2.45) is 5.92 Å². The molecule has 64 valence electrons. The van der Waals surface area contributed by atoms with Gasteiger partial charge in [0.05, 0.1) is 0 Å². The van der Waals surface area contributed by atoms with Crippen molar-refractivity contribution in [3.8, 4) is 0 Å². The molecular formula is C9H17NO. The third kappa shape index (κ3) is 1.74. The summed E-state index contributed by atoms with van der Waals surface area (Å²) in [6.07, 6.45) is 7.14. The molecule has 0 amide bonds. The van der Waals surface area contributed by atoms with Gasteiger partial charge in [0.15, 0.2) is 0 Å². The van der Waals surface area contributed by atoms with E-state index in [9.17, 15) is 0 Å². The molecule has 2 rings (SSSR count). The summed E-state index contributed by atoms with van der Waals surface area (Å²) < 4.78 is 5.65. The second-order valence-electron chi connectivity index (χ2n) is 3.64. The smallest absolute Gasteiger partial charge is 0.110 e. The summed E-state index contributed by atoms with van der Waals surface area (Å²) >= 11 is 0. The van der Waals surface area contributed by atoms with E-state index in [1.807, 2.05) is 0 Å². The third-order valence-electron chi connectivity index (χ3n) is 2.79. The molecule has 2 nitrogen and oxygen atoms in total. The zero-order chi connectivity index (χ0) is 7.52. The van der Waals surface area contributed by atoms with Crippen LogP contribution in [0.1, 0.15) is 32.1 Å². The lowest BCUT2D eigenvalue weighted by molar-refractivity contribution is -0.0340. The van der Waals surface area contributed by atoms with E-state index < -0.39 is 0 Å². The molecule has 1 saturated heterocycles. The Labute approximate surface area is 68.3 Å². The van der Waals surface area contributed by atoms with Crippen LogP contribution in [0.5, 0.6) is 0 Å². The molecule has 0 aromatic carbocycles. The fraction of sp³-hybridized carbons (Fsp3) is 1.00. The van der Waals surface area contributed by atoms with Gasteiger partial charge in [-0.25, -0.2) is 0 Å². The van der Waals surface area contributed by atoms with Gasteiger partial charge >= 0.3 is 0 Å². The van der Waals surface area contributed by atoms with Gasteiger partial charge < -0.3 is 4.74 Å². The monoisotopic (exact) mass is 155 g/mol. The molecule has 1 atom stereocenters. The Balaban J connectivity index is 1.82. The van der Waals surface area contributed by atoms with Crippen LogP contribution in [-0.2, 0) is 4.74 Å². The summed E-state index contributed by atoms with van der Waals surface area (Å²) in [5.74, 6) is 0.815. The average molecular weight is 155 g/mol. The Morgan fingerprint density at radius 3 is 2.55 bits per heavy atom. The average Bonchev–Trinajstić information content (AvgIpc) is 2.58. The number of hydrogen-bond acceptors (Lipinski definition) is 2. The van der Waals surface area contributed by atoms with E-state index in [0.29, 0.717) is 6.23 Å². The minimum absolute atomic E-state index is 0.395. The largest absolute Gasteiger partial charge is 0.363 e. The zero-order valence-electron chi connectivity index (χ0n) is 7.01. The van der Waals surface area contributed by atoms with Gasteiger partial charge in [-0.2, -0.15) is 0 Å². The minimum Gasteiger partial charge on any atom is -0.363 e. The first-order chi connectivity index (χ1) is 5.47. The molecule has 0 radical (unpaired) electrons. The Morgan fingerprint density at radius 1 is 1.09 bits per heavy atom. The van der Waals surface area contributed by atoms with Crippen LogP contribution in [0.4, 0.5) is 0 Å². The Hall–Kier alpha value is -0.0800. The summed E-state index contributed by atoms with van der Waals surface area (Å²) in [5, 5.41) is 3.44. The van der Waals surface area contributed by atoms with Crippen molar-refractivity contribution in [1.29, 1.82) is 0 Å². The number of nitrogens with one attached hydrogen (secondary N) is 1. The second-order valence-corrected chi connectivity index (χ2v) is 3.64. The van der Waals surface area contributed by atoms with Gasteiger partial charge in [0.2, 0.25) is 0 Å². The minimum atomic E-state index is 0.395. The summed E-state index contributed by atoms with van der Waals surface area (Å²) in [4.78, 5) is 0. The topological polar surface area (TPSA) is 21.3 Å². The van der Waals surface area contributed by atoms with Crippen LogP contribution in [0.3, 0.4) is 0 Å². The van der Waals surface area contributed by atoms with Crippen molar-refractivity contribution in [2.45, 2.75) is 38.3 Å². The summed E-state index contributed by atoms with van der Waals surface area (Å²) in [6, 6.07) is 0. The molecule has 0 aromatic rings. The van der Waals surface area contributed by atoms with E-state index in [1.54, 1.807) is 0 Å². The van der Waals surface area contributed by atoms with E-state index in [4.69, 9.17) is 4.74 Å². The standard InChI is InChI=1S/C9H17NO/c1-2-5-8(4-1)9-10-6-3-7-11-9/h8-10H,1-7H2. The maximum Gasteiger partial charge on any atom is 0.110 e. The fourth-order valence-electron chi connectivity index (χ4n) is 2.15. The first kappa shape index (κ1) is 7.56. The van der Waals surface area contributed by atoms with Crippen molar-refractivity contribution >= 4 is 0 Å². The van der Waals surface area contributed by atoms with Crippen LogP contribution < -0.4 is 5.32 Å². The molecule has 1 aliphatic heterocycles. The highest BCUT2D eigenvalue weighted by Crippen LogP contribution is 2.28. The molecule has 0 bridgehead atoms. The second kappa shape index (κ2) is 3.55. The molecule has 1 aliphatic carbocycles. The van der Waals surface area contributed by atoms with Crippen LogP contribution in [0.25, 0.3) is 0 Å². The first-order valence-electron chi connectivity index (χ1n) is 4.82. The quantitative estimate of drug-likeness (QED) is 0.619. The van der Waals surface area contributed by atoms with E-state index >= 15 is 0 Å². The number of hydrogen-bond donors (Lipinski definition) is 1. The third-order valence-corrected chi connectivity index (χ3v) is 2.79. The van der Waals surface area contributed by atoms with Crippen molar-refractivity contribution in [3.05, 3.63) is 0 Å². The maximum atomic E-state index is 5.65. The molecule has 1 saturated carbocycles. The molecule has 2 fully saturated rings. The molecule has 1 N–H and O–H groups in total. The van der Waals surface area contributed by atoms with Crippen molar-refractivity contribution in [3.63, 3.8) is 0 Å². The van der Waals surface area contributed by atoms with Gasteiger partial charge in [0.1, 0.15) is 6.23 Å². The van der Waals surface area contributed by atoms with E-state index in [-0.39, 0.29) is 0 Å². The molecule has 0 spiro atoms. The Morgan fingerprint density at radius 2 is 1.91 bits per heavy atom. The molecule has 2 aliphatic rings.